The number of rotatable bonds is 4. The third-order valence-electron chi connectivity index (χ3n) is 2.73. The highest BCUT2D eigenvalue weighted by atomic mass is 32.1. The fourth-order valence-corrected chi connectivity index (χ4v) is 3.63. The predicted molar refractivity (Wildman–Crippen MR) is 75.9 cm³/mol. The molecule has 0 aliphatic rings. The molecule has 1 unspecified atom stereocenters. The van der Waals surface area contributed by atoms with E-state index in [1.54, 1.807) is 11.3 Å². The first kappa shape index (κ1) is 12.7. The number of hydrogen-bond donors (Lipinski definition) is 1. The molecule has 92 valence electrons. The molecule has 0 saturated heterocycles. The summed E-state index contributed by atoms with van der Waals surface area (Å²) in [6.45, 7) is 9.47. The molecule has 0 radical (unpaired) electrons. The second-order valence-electron chi connectivity index (χ2n) is 4.29. The summed E-state index contributed by atoms with van der Waals surface area (Å²) in [6, 6.07) is 4.69. The lowest BCUT2D eigenvalue weighted by atomic mass is 10.2. The summed E-state index contributed by atoms with van der Waals surface area (Å²) in [5.74, 6) is 0. The van der Waals surface area contributed by atoms with Gasteiger partial charge in [-0.25, -0.2) is 4.98 Å². The van der Waals surface area contributed by atoms with Crippen molar-refractivity contribution in [1.29, 1.82) is 0 Å². The van der Waals surface area contributed by atoms with Crippen molar-refractivity contribution < 1.29 is 0 Å². The van der Waals surface area contributed by atoms with E-state index in [-0.39, 0.29) is 0 Å². The van der Waals surface area contributed by atoms with Crippen LogP contribution in [-0.2, 0) is 6.54 Å². The lowest BCUT2D eigenvalue weighted by molar-refractivity contribution is 0.565. The van der Waals surface area contributed by atoms with E-state index >= 15 is 0 Å². The number of thiophene rings is 1. The van der Waals surface area contributed by atoms with E-state index in [9.17, 15) is 0 Å². The minimum atomic E-state index is 0.322. The van der Waals surface area contributed by atoms with Crippen molar-refractivity contribution in [3.8, 4) is 0 Å². The Labute approximate surface area is 111 Å². The Morgan fingerprint density at radius 1 is 1.24 bits per heavy atom. The smallest absolute Gasteiger partial charge is 0.0900 e. The molecule has 0 aromatic carbocycles. The van der Waals surface area contributed by atoms with Crippen molar-refractivity contribution in [2.45, 2.75) is 40.3 Å². The third-order valence-corrected chi connectivity index (χ3v) is 4.63. The van der Waals surface area contributed by atoms with Gasteiger partial charge >= 0.3 is 0 Å². The molecule has 0 bridgehead atoms. The number of aromatic nitrogens is 1. The second-order valence-corrected chi connectivity index (χ2v) is 7.07. The Kier molecular flexibility index (Phi) is 3.97. The van der Waals surface area contributed by atoms with E-state index in [2.05, 4.69) is 50.1 Å². The molecule has 0 fully saturated rings. The van der Waals surface area contributed by atoms with Crippen molar-refractivity contribution >= 4 is 22.7 Å². The molecule has 4 heteroatoms. The average molecular weight is 266 g/mol. The molecule has 1 N–H and O–H groups in total. The van der Waals surface area contributed by atoms with E-state index in [4.69, 9.17) is 0 Å². The zero-order chi connectivity index (χ0) is 12.4. The number of nitrogens with zero attached hydrogens (tertiary/aromatic N) is 1. The maximum atomic E-state index is 4.59. The van der Waals surface area contributed by atoms with Crippen LogP contribution in [0.15, 0.2) is 12.1 Å². The van der Waals surface area contributed by atoms with Crippen LogP contribution in [0.2, 0.25) is 0 Å². The minimum Gasteiger partial charge on any atom is -0.304 e. The standard InChI is InChI=1S/C13H18N2S2/c1-8-5-6-12(16-8)7-14-9(2)13-10(3)17-11(4)15-13/h5-6,9,14H,7H2,1-4H3. The Morgan fingerprint density at radius 2 is 2.00 bits per heavy atom. The van der Waals surface area contributed by atoms with E-state index in [1.807, 2.05) is 11.3 Å². The molecule has 0 amide bonds. The summed E-state index contributed by atoms with van der Waals surface area (Å²) in [6.07, 6.45) is 0. The van der Waals surface area contributed by atoms with Gasteiger partial charge in [-0.1, -0.05) is 0 Å². The van der Waals surface area contributed by atoms with Gasteiger partial charge < -0.3 is 5.32 Å². The molecule has 2 heterocycles. The second kappa shape index (κ2) is 5.29. The van der Waals surface area contributed by atoms with Gasteiger partial charge in [-0.05, 0) is 39.8 Å². The Balaban J connectivity index is 1.97. The monoisotopic (exact) mass is 266 g/mol. The van der Waals surface area contributed by atoms with Crippen LogP contribution in [0.3, 0.4) is 0 Å². The quantitative estimate of drug-likeness (QED) is 0.905. The molecule has 2 aromatic heterocycles. The van der Waals surface area contributed by atoms with Crippen molar-refractivity contribution in [2.75, 3.05) is 0 Å². The van der Waals surface area contributed by atoms with Crippen LogP contribution in [0.4, 0.5) is 0 Å². The number of nitrogens with one attached hydrogen (secondary N) is 1. The van der Waals surface area contributed by atoms with Crippen LogP contribution in [-0.4, -0.2) is 4.98 Å². The van der Waals surface area contributed by atoms with Crippen molar-refractivity contribution in [1.82, 2.24) is 10.3 Å². The van der Waals surface area contributed by atoms with Gasteiger partial charge in [0.1, 0.15) is 0 Å². The molecule has 1 atom stereocenters. The van der Waals surface area contributed by atoms with Crippen molar-refractivity contribution in [3.05, 3.63) is 37.5 Å². The van der Waals surface area contributed by atoms with Crippen LogP contribution in [0.1, 0.15) is 38.3 Å². The van der Waals surface area contributed by atoms with Crippen LogP contribution < -0.4 is 5.32 Å². The fraction of sp³-hybridized carbons (Fsp3) is 0.462. The van der Waals surface area contributed by atoms with Gasteiger partial charge in [0.05, 0.1) is 10.7 Å². The summed E-state index contributed by atoms with van der Waals surface area (Å²) in [4.78, 5) is 8.67. The van der Waals surface area contributed by atoms with Crippen LogP contribution >= 0.6 is 22.7 Å². The lowest BCUT2D eigenvalue weighted by Gasteiger charge is -2.11. The number of aryl methyl sites for hydroxylation is 3. The van der Waals surface area contributed by atoms with Gasteiger partial charge in [-0.15, -0.1) is 22.7 Å². The first-order valence-electron chi connectivity index (χ1n) is 5.79. The highest BCUT2D eigenvalue weighted by Crippen LogP contribution is 2.23. The zero-order valence-electron chi connectivity index (χ0n) is 10.7. The Bertz CT molecular complexity index is 499. The summed E-state index contributed by atoms with van der Waals surface area (Å²) >= 11 is 3.63. The normalized spacial score (nSPS) is 12.9. The molecule has 2 aromatic rings. The largest absolute Gasteiger partial charge is 0.304 e. The molecule has 0 aliphatic carbocycles. The summed E-state index contributed by atoms with van der Waals surface area (Å²) in [5, 5.41) is 4.69. The van der Waals surface area contributed by atoms with Crippen molar-refractivity contribution in [2.24, 2.45) is 0 Å². The lowest BCUT2D eigenvalue weighted by Crippen LogP contribution is -2.18. The van der Waals surface area contributed by atoms with Crippen LogP contribution in [0.5, 0.6) is 0 Å². The molecule has 0 aliphatic heterocycles. The van der Waals surface area contributed by atoms with Gasteiger partial charge in [0, 0.05) is 27.2 Å². The predicted octanol–water partition coefficient (Wildman–Crippen LogP) is 3.98. The molecular weight excluding hydrogens is 248 g/mol. The first-order valence-corrected chi connectivity index (χ1v) is 7.42. The molecule has 0 spiro atoms. The molecule has 0 saturated carbocycles. The van der Waals surface area contributed by atoms with Crippen LogP contribution in [0, 0.1) is 20.8 Å². The van der Waals surface area contributed by atoms with E-state index in [0.717, 1.165) is 11.6 Å². The van der Waals surface area contributed by atoms with Gasteiger partial charge in [0.25, 0.3) is 0 Å². The zero-order valence-corrected chi connectivity index (χ0v) is 12.3. The number of thiazole rings is 1. The first-order chi connectivity index (χ1) is 8.06. The average Bonchev–Trinajstić information content (AvgIpc) is 2.81. The van der Waals surface area contributed by atoms with Crippen molar-refractivity contribution in [3.63, 3.8) is 0 Å². The van der Waals surface area contributed by atoms with Gasteiger partial charge in [-0.3, -0.25) is 0 Å². The van der Waals surface area contributed by atoms with Gasteiger partial charge in [0.15, 0.2) is 0 Å². The summed E-state index contributed by atoms with van der Waals surface area (Å²) in [5.41, 5.74) is 1.20. The Morgan fingerprint density at radius 3 is 2.53 bits per heavy atom. The Hall–Kier alpha value is -0.710. The van der Waals surface area contributed by atoms with E-state index < -0.39 is 0 Å². The minimum absolute atomic E-state index is 0.322. The summed E-state index contributed by atoms with van der Waals surface area (Å²) < 4.78 is 0. The fourth-order valence-electron chi connectivity index (χ4n) is 1.88. The molecule has 17 heavy (non-hydrogen) atoms. The number of hydrogen-bond acceptors (Lipinski definition) is 4. The van der Waals surface area contributed by atoms with Gasteiger partial charge in [0.2, 0.25) is 0 Å². The van der Waals surface area contributed by atoms with E-state index in [0.29, 0.717) is 6.04 Å². The third kappa shape index (κ3) is 3.15. The molecular formula is C13H18N2S2. The highest BCUT2D eigenvalue weighted by Gasteiger charge is 2.12. The SMILES string of the molecule is Cc1ccc(CNC(C)c2nc(C)sc2C)s1. The topological polar surface area (TPSA) is 24.9 Å². The maximum absolute atomic E-state index is 4.59. The molecule has 2 nitrogen and oxygen atoms in total. The highest BCUT2D eigenvalue weighted by molar-refractivity contribution is 7.12. The van der Waals surface area contributed by atoms with E-state index in [1.165, 1.54) is 20.3 Å². The van der Waals surface area contributed by atoms with Crippen LogP contribution in [0.25, 0.3) is 0 Å². The summed E-state index contributed by atoms with van der Waals surface area (Å²) in [7, 11) is 0. The molecule has 2 rings (SSSR count). The van der Waals surface area contributed by atoms with Gasteiger partial charge in [-0.2, -0.15) is 0 Å². The maximum Gasteiger partial charge on any atom is 0.0900 e.